The van der Waals surface area contributed by atoms with Crippen molar-refractivity contribution < 1.29 is 13.5 Å². The van der Waals surface area contributed by atoms with E-state index in [1.807, 2.05) is 0 Å². The van der Waals surface area contributed by atoms with E-state index in [9.17, 15) is 9.00 Å². The highest BCUT2D eigenvalue weighted by Crippen LogP contribution is 2.08. The van der Waals surface area contributed by atoms with Crippen LogP contribution in [0.3, 0.4) is 0 Å². The minimum atomic E-state index is -2.46. The predicted molar refractivity (Wildman–Crippen MR) is 51.1 cm³/mol. The second-order valence-corrected chi connectivity index (χ2v) is 5.50. The van der Waals surface area contributed by atoms with Gasteiger partial charge < -0.3 is 10.3 Å². The van der Waals surface area contributed by atoms with E-state index in [1.54, 1.807) is 0 Å². The molecule has 78 valence electrons. The lowest BCUT2D eigenvalue weighted by Crippen LogP contribution is -2.06. The normalized spacial score (nSPS) is 11.4. The van der Waals surface area contributed by atoms with Crippen LogP contribution in [0.4, 0.5) is 0 Å². The van der Waals surface area contributed by atoms with E-state index in [2.05, 4.69) is 14.0 Å². The van der Waals surface area contributed by atoms with Crippen LogP contribution in [0.15, 0.2) is 15.1 Å². The van der Waals surface area contributed by atoms with Gasteiger partial charge in [0.1, 0.15) is 17.5 Å². The summed E-state index contributed by atoms with van der Waals surface area (Å²) in [5, 5.41) is 3.51. The first kappa shape index (κ1) is 10.9. The molecule has 1 heterocycles. The Morgan fingerprint density at radius 2 is 2.36 bits per heavy atom. The molecule has 0 aromatic carbocycles. The number of aromatic nitrogens is 1. The highest BCUT2D eigenvalue weighted by atomic mass is 32.2. The molecular weight excluding hydrogens is 206 g/mol. The highest BCUT2D eigenvalue weighted by Gasteiger charge is 2.14. The molecule has 0 aliphatic heterocycles. The van der Waals surface area contributed by atoms with Crippen LogP contribution in [0.5, 0.6) is 0 Å². The Kier molecular flexibility index (Phi) is 3.02. The van der Waals surface area contributed by atoms with Gasteiger partial charge in [-0.3, -0.25) is 4.79 Å². The van der Waals surface area contributed by atoms with Crippen molar-refractivity contribution in [2.24, 2.45) is 10.1 Å². The summed E-state index contributed by atoms with van der Waals surface area (Å²) in [6, 6.07) is 0. The Labute approximate surface area is 81.6 Å². The van der Waals surface area contributed by atoms with Gasteiger partial charge in [-0.15, -0.1) is 0 Å². The molecule has 0 saturated carbocycles. The topological polar surface area (TPSA) is 98.5 Å². The van der Waals surface area contributed by atoms with Crippen molar-refractivity contribution >= 4 is 15.6 Å². The van der Waals surface area contributed by atoms with Gasteiger partial charge in [0.05, 0.1) is 0 Å². The van der Waals surface area contributed by atoms with Crippen LogP contribution in [0.1, 0.15) is 16.1 Å². The molecule has 7 heteroatoms. The molecule has 1 rings (SSSR count). The molecule has 0 bridgehead atoms. The Bertz CT molecular complexity index is 449. The van der Waals surface area contributed by atoms with Gasteiger partial charge in [0.25, 0.3) is 5.91 Å². The van der Waals surface area contributed by atoms with Crippen LogP contribution in [-0.2, 0) is 16.3 Å². The van der Waals surface area contributed by atoms with Gasteiger partial charge in [-0.05, 0) is 0 Å². The first-order chi connectivity index (χ1) is 6.44. The van der Waals surface area contributed by atoms with E-state index >= 15 is 0 Å². The Morgan fingerprint density at radius 3 is 2.86 bits per heavy atom. The standard InChI is InChI=1S/C7H11N3O3S/c1-14(2,12)10-7(11)5-4-13-9-6(5)3-8/h4H,3,8H2,1-2H3. The summed E-state index contributed by atoms with van der Waals surface area (Å²) >= 11 is 0. The number of hydrogen-bond donors (Lipinski definition) is 1. The van der Waals surface area contributed by atoms with Crippen molar-refractivity contribution in [3.8, 4) is 0 Å². The molecule has 0 atom stereocenters. The van der Waals surface area contributed by atoms with Crippen molar-refractivity contribution in [2.75, 3.05) is 12.5 Å². The number of amides is 1. The summed E-state index contributed by atoms with van der Waals surface area (Å²) in [7, 11) is -2.46. The number of nitrogens with two attached hydrogens (primary N) is 1. The van der Waals surface area contributed by atoms with Crippen LogP contribution in [0.2, 0.25) is 0 Å². The molecule has 2 N–H and O–H groups in total. The summed E-state index contributed by atoms with van der Waals surface area (Å²) in [5.41, 5.74) is 5.80. The molecule has 0 aliphatic rings. The van der Waals surface area contributed by atoms with E-state index in [0.29, 0.717) is 5.69 Å². The van der Waals surface area contributed by atoms with Crippen molar-refractivity contribution in [3.63, 3.8) is 0 Å². The summed E-state index contributed by atoms with van der Waals surface area (Å²) < 4.78 is 19.3. The van der Waals surface area contributed by atoms with Crippen molar-refractivity contribution in [3.05, 3.63) is 17.5 Å². The van der Waals surface area contributed by atoms with Crippen molar-refractivity contribution in [1.29, 1.82) is 0 Å². The molecule has 1 aromatic rings. The van der Waals surface area contributed by atoms with Crippen molar-refractivity contribution in [1.82, 2.24) is 5.16 Å². The predicted octanol–water partition coefficient (Wildman–Crippen LogP) is 0.00110. The van der Waals surface area contributed by atoms with Crippen LogP contribution >= 0.6 is 0 Å². The SMILES string of the molecule is CS(C)(=O)=NC(=O)c1conc1CN. The lowest BCUT2D eigenvalue weighted by molar-refractivity contribution is 0.100. The Balaban J connectivity index is 3.08. The van der Waals surface area contributed by atoms with Gasteiger partial charge in [0.2, 0.25) is 0 Å². The minimum Gasteiger partial charge on any atom is -0.364 e. The van der Waals surface area contributed by atoms with Gasteiger partial charge in [0.15, 0.2) is 0 Å². The molecular formula is C7H11N3O3S. The van der Waals surface area contributed by atoms with E-state index in [4.69, 9.17) is 5.73 Å². The van der Waals surface area contributed by atoms with E-state index in [0.717, 1.165) is 6.26 Å². The number of carbonyl (C=O) groups is 1. The van der Waals surface area contributed by atoms with Gasteiger partial charge in [-0.2, -0.15) is 4.36 Å². The number of nitrogens with zero attached hydrogens (tertiary/aromatic N) is 2. The fourth-order valence-corrected chi connectivity index (χ4v) is 1.33. The van der Waals surface area contributed by atoms with Gasteiger partial charge in [-0.25, -0.2) is 4.21 Å². The molecule has 0 fully saturated rings. The summed E-state index contributed by atoms with van der Waals surface area (Å²) in [6.45, 7) is 0.0850. The van der Waals surface area contributed by atoms with E-state index < -0.39 is 15.6 Å². The number of carbonyl (C=O) groups excluding carboxylic acids is 1. The summed E-state index contributed by atoms with van der Waals surface area (Å²) in [6.07, 6.45) is 3.90. The lowest BCUT2D eigenvalue weighted by Gasteiger charge is -1.94. The quantitative estimate of drug-likeness (QED) is 0.751. The summed E-state index contributed by atoms with van der Waals surface area (Å²) in [4.78, 5) is 11.4. The van der Waals surface area contributed by atoms with Crippen LogP contribution < -0.4 is 5.73 Å². The number of rotatable bonds is 2. The molecule has 0 aliphatic carbocycles. The average Bonchev–Trinajstić information content (AvgIpc) is 2.47. The molecule has 6 nitrogen and oxygen atoms in total. The second-order valence-electron chi connectivity index (χ2n) is 2.96. The molecule has 0 saturated heterocycles. The van der Waals surface area contributed by atoms with Gasteiger partial charge in [-0.1, -0.05) is 5.16 Å². The zero-order chi connectivity index (χ0) is 10.8. The van der Waals surface area contributed by atoms with Crippen LogP contribution in [-0.4, -0.2) is 27.8 Å². The molecule has 1 aromatic heterocycles. The molecule has 0 spiro atoms. The van der Waals surface area contributed by atoms with Crippen molar-refractivity contribution in [2.45, 2.75) is 6.54 Å². The second kappa shape index (κ2) is 3.89. The van der Waals surface area contributed by atoms with Crippen LogP contribution in [0, 0.1) is 0 Å². The average molecular weight is 217 g/mol. The zero-order valence-corrected chi connectivity index (χ0v) is 8.71. The zero-order valence-electron chi connectivity index (χ0n) is 7.89. The lowest BCUT2D eigenvalue weighted by atomic mass is 10.2. The number of hydrogen-bond acceptors (Lipinski definition) is 5. The Hall–Kier alpha value is -1.21. The largest absolute Gasteiger partial charge is 0.364 e. The van der Waals surface area contributed by atoms with E-state index in [1.165, 1.54) is 12.5 Å². The van der Waals surface area contributed by atoms with Gasteiger partial charge in [0, 0.05) is 28.8 Å². The third-order valence-corrected chi connectivity index (χ3v) is 1.98. The highest BCUT2D eigenvalue weighted by molar-refractivity contribution is 7.92. The van der Waals surface area contributed by atoms with Crippen LogP contribution in [0.25, 0.3) is 0 Å². The molecule has 0 unspecified atom stereocenters. The maximum atomic E-state index is 11.4. The summed E-state index contributed by atoms with van der Waals surface area (Å²) in [5.74, 6) is -0.610. The minimum absolute atomic E-state index is 0.0850. The smallest absolute Gasteiger partial charge is 0.290 e. The van der Waals surface area contributed by atoms with Gasteiger partial charge >= 0.3 is 0 Å². The maximum Gasteiger partial charge on any atom is 0.290 e. The third kappa shape index (κ3) is 2.64. The Morgan fingerprint density at radius 1 is 1.71 bits per heavy atom. The fraction of sp³-hybridized carbons (Fsp3) is 0.429. The first-order valence-corrected chi connectivity index (χ1v) is 6.12. The molecule has 0 radical (unpaired) electrons. The molecule has 1 amide bonds. The maximum absolute atomic E-state index is 11.4. The monoisotopic (exact) mass is 217 g/mol. The fourth-order valence-electron chi connectivity index (χ4n) is 0.830. The molecule has 14 heavy (non-hydrogen) atoms. The van der Waals surface area contributed by atoms with E-state index in [-0.39, 0.29) is 12.1 Å². The first-order valence-electron chi connectivity index (χ1n) is 3.79. The third-order valence-electron chi connectivity index (χ3n) is 1.37.